The topological polar surface area (TPSA) is 82.9 Å². The van der Waals surface area contributed by atoms with Crippen molar-refractivity contribution in [3.63, 3.8) is 0 Å². The summed E-state index contributed by atoms with van der Waals surface area (Å²) in [4.78, 5) is 18.1. The highest BCUT2D eigenvalue weighted by Crippen LogP contribution is 2.33. The first kappa shape index (κ1) is 27.5. The number of nitrogens with one attached hydrogen (secondary N) is 3. The molecule has 0 saturated carbocycles. The predicted molar refractivity (Wildman–Crippen MR) is 143 cm³/mol. The molecule has 8 nitrogen and oxygen atoms in total. The Morgan fingerprint density at radius 1 is 1.34 bits per heavy atom. The van der Waals surface area contributed by atoms with Crippen LogP contribution in [0.5, 0.6) is 5.75 Å². The van der Waals surface area contributed by atoms with E-state index in [1.54, 1.807) is 41.9 Å². The van der Waals surface area contributed by atoms with Crippen molar-refractivity contribution in [1.29, 1.82) is 0 Å². The minimum absolute atomic E-state index is 0.198. The van der Waals surface area contributed by atoms with E-state index in [1.165, 1.54) is 13.3 Å². The smallest absolute Gasteiger partial charge is 0.290 e. The van der Waals surface area contributed by atoms with Gasteiger partial charge in [-0.1, -0.05) is 11.8 Å². The lowest BCUT2D eigenvalue weighted by Crippen LogP contribution is -2.46. The van der Waals surface area contributed by atoms with Gasteiger partial charge in [0.1, 0.15) is 16.9 Å². The highest BCUT2D eigenvalue weighted by molar-refractivity contribution is 7.99. The van der Waals surface area contributed by atoms with Gasteiger partial charge >= 0.3 is 0 Å². The van der Waals surface area contributed by atoms with Crippen molar-refractivity contribution in [2.24, 2.45) is 0 Å². The predicted octanol–water partition coefficient (Wildman–Crippen LogP) is 3.93. The number of anilines is 2. The molecule has 1 aromatic carbocycles. The number of aromatic nitrogens is 2. The maximum Gasteiger partial charge on any atom is 0.290 e. The van der Waals surface area contributed by atoms with Crippen molar-refractivity contribution in [2.45, 2.75) is 29.4 Å². The molecule has 0 radical (unpaired) electrons. The van der Waals surface area contributed by atoms with Crippen LogP contribution in [0.1, 0.15) is 22.3 Å². The summed E-state index contributed by atoms with van der Waals surface area (Å²) in [6, 6.07) is 6.24. The van der Waals surface area contributed by atoms with Crippen molar-refractivity contribution in [3.8, 4) is 17.6 Å². The summed E-state index contributed by atoms with van der Waals surface area (Å²) in [7, 11) is 4.92. The number of fused-ring (bicyclic) bond motifs is 1. The Morgan fingerprint density at radius 3 is 2.87 bits per heavy atom. The van der Waals surface area contributed by atoms with Gasteiger partial charge in [-0.05, 0) is 49.5 Å². The second-order valence-corrected chi connectivity index (χ2v) is 9.72. The number of nitrogens with zero attached hydrogens (tertiary/aromatic N) is 3. The Labute approximate surface area is 223 Å². The van der Waals surface area contributed by atoms with Crippen molar-refractivity contribution < 1.29 is 22.7 Å². The normalized spacial score (nSPS) is 17.7. The number of hydrogen-bond acceptors (Lipinski definition) is 7. The monoisotopic (exact) mass is 546 g/mol. The van der Waals surface area contributed by atoms with E-state index in [1.807, 2.05) is 11.9 Å². The highest BCUT2D eigenvalue weighted by Gasteiger charge is 2.28. The van der Waals surface area contributed by atoms with Gasteiger partial charge in [0.2, 0.25) is 0 Å². The maximum absolute atomic E-state index is 14.6. The molecule has 3 N–H and O–H groups in total. The Kier molecular flexibility index (Phi) is 8.91. The Hall–Kier alpha value is -3.56. The van der Waals surface area contributed by atoms with Crippen LogP contribution in [0.2, 0.25) is 0 Å². The number of methoxy groups -OCH3 is 1. The molecule has 1 aliphatic heterocycles. The number of hydrogen-bond donors (Lipinski definition) is 3. The van der Waals surface area contributed by atoms with Gasteiger partial charge < -0.3 is 30.0 Å². The summed E-state index contributed by atoms with van der Waals surface area (Å²) >= 11 is 0.396. The molecule has 0 bridgehead atoms. The number of thioether (sulfide) groups is 1. The van der Waals surface area contributed by atoms with Crippen LogP contribution in [0.15, 0.2) is 41.7 Å². The van der Waals surface area contributed by atoms with Gasteiger partial charge in [0.15, 0.2) is 5.82 Å². The maximum atomic E-state index is 14.6. The van der Waals surface area contributed by atoms with Crippen LogP contribution in [-0.4, -0.2) is 79.0 Å². The molecular formula is C26H29F3N6O2S. The molecule has 3 heterocycles. The molecule has 1 fully saturated rings. The second-order valence-electron chi connectivity index (χ2n) is 8.74. The molecule has 2 atom stereocenters. The number of carbonyl (C=O) groups is 1. The fraction of sp³-hybridized carbons (Fsp3) is 0.385. The number of likely N-dealkylation sites (tertiary alicyclic amines) is 1. The van der Waals surface area contributed by atoms with E-state index >= 15 is 0 Å². The first-order valence-corrected chi connectivity index (χ1v) is 12.9. The first-order chi connectivity index (χ1) is 18.3. The van der Waals surface area contributed by atoms with Crippen molar-refractivity contribution in [2.75, 3.05) is 51.5 Å². The third-order valence-electron chi connectivity index (χ3n) is 6.20. The Morgan fingerprint density at radius 2 is 2.16 bits per heavy atom. The van der Waals surface area contributed by atoms with E-state index in [4.69, 9.17) is 4.74 Å². The van der Waals surface area contributed by atoms with E-state index in [0.29, 0.717) is 58.6 Å². The molecule has 3 aromatic rings. The lowest BCUT2D eigenvalue weighted by atomic mass is 10.0. The summed E-state index contributed by atoms with van der Waals surface area (Å²) < 4.78 is 48.5. The lowest BCUT2D eigenvalue weighted by Gasteiger charge is -2.33. The average Bonchev–Trinajstić information content (AvgIpc) is 3.25. The van der Waals surface area contributed by atoms with Crippen molar-refractivity contribution in [3.05, 3.63) is 47.8 Å². The van der Waals surface area contributed by atoms with E-state index < -0.39 is 18.0 Å². The van der Waals surface area contributed by atoms with Crippen molar-refractivity contribution >= 4 is 34.7 Å². The van der Waals surface area contributed by atoms with Gasteiger partial charge in [-0.3, -0.25) is 4.79 Å². The fourth-order valence-corrected chi connectivity index (χ4v) is 4.96. The zero-order valence-corrected chi connectivity index (χ0v) is 22.0. The fourth-order valence-electron chi connectivity index (χ4n) is 4.28. The number of amides is 1. The number of benzene rings is 1. The molecule has 38 heavy (non-hydrogen) atoms. The summed E-state index contributed by atoms with van der Waals surface area (Å²) in [5.74, 6) is 3.94. The minimum atomic E-state index is -2.65. The third-order valence-corrected chi connectivity index (χ3v) is 7.02. The second kappa shape index (κ2) is 12.3. The molecule has 0 aliphatic carbocycles. The zero-order valence-electron chi connectivity index (χ0n) is 21.2. The van der Waals surface area contributed by atoms with E-state index in [0.717, 1.165) is 6.54 Å². The van der Waals surface area contributed by atoms with Crippen LogP contribution in [0, 0.1) is 11.8 Å². The molecule has 2 aromatic heterocycles. The molecule has 1 saturated heterocycles. The molecule has 0 spiro atoms. The Balaban J connectivity index is 1.56. The van der Waals surface area contributed by atoms with Gasteiger partial charge in [0.25, 0.3) is 11.7 Å². The van der Waals surface area contributed by atoms with Gasteiger partial charge in [-0.2, -0.15) is 8.78 Å². The van der Waals surface area contributed by atoms with Crippen molar-refractivity contribution in [1.82, 2.24) is 19.6 Å². The van der Waals surface area contributed by atoms with E-state index in [-0.39, 0.29) is 17.5 Å². The van der Waals surface area contributed by atoms with Gasteiger partial charge in [-0.15, -0.1) is 0 Å². The van der Waals surface area contributed by atoms with E-state index in [9.17, 15) is 18.0 Å². The van der Waals surface area contributed by atoms with Crippen LogP contribution in [0.25, 0.3) is 5.52 Å². The number of alkyl halides is 3. The summed E-state index contributed by atoms with van der Waals surface area (Å²) in [5.41, 5.74) is 2.04. The Bertz CT molecular complexity index is 1360. The summed E-state index contributed by atoms with van der Waals surface area (Å²) in [6.07, 6.45) is 2.62. The van der Waals surface area contributed by atoms with Crippen LogP contribution in [0.3, 0.4) is 0 Å². The molecule has 202 valence electrons. The van der Waals surface area contributed by atoms with Crippen LogP contribution in [0.4, 0.5) is 24.7 Å². The summed E-state index contributed by atoms with van der Waals surface area (Å²) in [6.45, 7) is 1.26. The zero-order chi connectivity index (χ0) is 27.2. The van der Waals surface area contributed by atoms with Gasteiger partial charge in [-0.25, -0.2) is 9.37 Å². The molecule has 4 rings (SSSR count). The van der Waals surface area contributed by atoms with Crippen LogP contribution >= 0.6 is 11.8 Å². The van der Waals surface area contributed by atoms with E-state index in [2.05, 4.69) is 32.8 Å². The number of rotatable bonds is 8. The quantitative estimate of drug-likeness (QED) is 0.292. The van der Waals surface area contributed by atoms with Crippen LogP contribution in [-0.2, 0) is 0 Å². The number of ether oxygens (including phenoxy) is 1. The standard InChI is InChI=1S/C26H29F3N6O2S/c1-30-24(36)16-6-7-20(22(14-16)37-3)31-9-4-5-17-13-21-23(33-19-8-11-34(2)15-18(19)27)32-10-12-35(21)25(17)38-26(28)29/h6-7,10,12-14,18-19,26,31H,8-9,11,15H2,1-3H3,(H,30,36)(H,32,33)/t18-,19+/m0/s1. The summed E-state index contributed by atoms with van der Waals surface area (Å²) in [5, 5.41) is 9.13. The number of carbonyl (C=O) groups excluding carboxylic acids is 1. The minimum Gasteiger partial charge on any atom is -0.495 e. The number of halogens is 3. The molecule has 1 amide bonds. The molecule has 0 unspecified atom stereocenters. The molecule has 12 heteroatoms. The molecular weight excluding hydrogens is 517 g/mol. The lowest BCUT2D eigenvalue weighted by molar-refractivity contribution is 0.0962. The average molecular weight is 547 g/mol. The third kappa shape index (κ3) is 6.28. The highest BCUT2D eigenvalue weighted by atomic mass is 32.2. The van der Waals surface area contributed by atoms with Gasteiger partial charge in [0.05, 0.1) is 36.5 Å². The van der Waals surface area contributed by atoms with Gasteiger partial charge in [0, 0.05) is 38.1 Å². The number of piperidine rings is 1. The largest absolute Gasteiger partial charge is 0.495 e. The van der Waals surface area contributed by atoms with Crippen LogP contribution < -0.4 is 20.7 Å². The molecule has 1 aliphatic rings. The SMILES string of the molecule is CNC(=O)c1ccc(NCC#Cc2cc3c(N[C@@H]4CCN(C)C[C@@H]4F)nccn3c2SC(F)F)c(OC)c1. The first-order valence-electron chi connectivity index (χ1n) is 12.0.